The minimum Gasteiger partial charge on any atom is -0.365 e. The molecule has 0 N–H and O–H groups in total. The van der Waals surface area contributed by atoms with Crippen LogP contribution in [0, 0.1) is 6.92 Å². The van der Waals surface area contributed by atoms with Gasteiger partial charge in [0.25, 0.3) is 5.56 Å². The molecule has 0 unspecified atom stereocenters. The number of hydrogen-bond donors (Lipinski definition) is 0. The maximum Gasteiger partial charge on any atom is 0.269 e. The van der Waals surface area contributed by atoms with E-state index < -0.39 is 0 Å². The molecule has 2 aromatic heterocycles. The Morgan fingerprint density at radius 2 is 2.03 bits per heavy atom. The Morgan fingerprint density at radius 3 is 2.62 bits per heavy atom. The van der Waals surface area contributed by atoms with Crippen molar-refractivity contribution in [2.24, 2.45) is 4.99 Å². The largest absolute Gasteiger partial charge is 0.365 e. The summed E-state index contributed by atoms with van der Waals surface area (Å²) >= 11 is 0. The van der Waals surface area contributed by atoms with E-state index in [0.29, 0.717) is 17.2 Å². The molecule has 8 heteroatoms. The summed E-state index contributed by atoms with van der Waals surface area (Å²) in [6.45, 7) is 15.6. The highest BCUT2D eigenvalue weighted by Gasteiger charge is 2.52. The molecule has 170 valence electrons. The maximum absolute atomic E-state index is 12.8. The number of nitrogens with zero attached hydrogens (tertiary/aromatic N) is 5. The molecular weight excluding hydrogens is 406 g/mol. The van der Waals surface area contributed by atoms with E-state index in [2.05, 4.69) is 40.7 Å². The van der Waals surface area contributed by atoms with Gasteiger partial charge in [0.1, 0.15) is 17.1 Å². The first kappa shape index (κ1) is 22.2. The third-order valence-corrected chi connectivity index (χ3v) is 6.13. The number of aryl methyl sites for hydroxylation is 1. The summed E-state index contributed by atoms with van der Waals surface area (Å²) in [5.74, 6) is 0.621. The average molecular weight is 438 g/mol. The van der Waals surface area contributed by atoms with Gasteiger partial charge < -0.3 is 14.2 Å². The van der Waals surface area contributed by atoms with E-state index in [4.69, 9.17) is 9.26 Å². The highest BCUT2D eigenvalue weighted by molar-refractivity contribution is 5.69. The molecule has 1 spiro atoms. The quantitative estimate of drug-likeness (QED) is 0.505. The monoisotopic (exact) mass is 437 g/mol. The minimum absolute atomic E-state index is 0.0683. The first-order valence-electron chi connectivity index (χ1n) is 10.9. The smallest absolute Gasteiger partial charge is 0.269 e. The summed E-state index contributed by atoms with van der Waals surface area (Å²) in [5.41, 5.74) is 3.54. The lowest BCUT2D eigenvalue weighted by Crippen LogP contribution is -2.62. The van der Waals surface area contributed by atoms with Crippen molar-refractivity contribution < 1.29 is 9.26 Å². The number of rotatable bonds is 6. The Labute approximate surface area is 188 Å². The average Bonchev–Trinajstić information content (AvgIpc) is 3.22. The topological polar surface area (TPSA) is 85.8 Å². The zero-order valence-electron chi connectivity index (χ0n) is 19.5. The van der Waals surface area contributed by atoms with Crippen LogP contribution in [0.3, 0.4) is 0 Å². The van der Waals surface area contributed by atoms with Gasteiger partial charge in [0, 0.05) is 24.7 Å². The fourth-order valence-corrected chi connectivity index (χ4v) is 4.37. The fraction of sp³-hybridized carbons (Fsp3) is 0.500. The van der Waals surface area contributed by atoms with Crippen molar-refractivity contribution in [1.29, 1.82) is 0 Å². The van der Waals surface area contributed by atoms with Crippen LogP contribution in [-0.4, -0.2) is 45.9 Å². The van der Waals surface area contributed by atoms with Gasteiger partial charge in [-0.3, -0.25) is 9.79 Å². The molecule has 0 saturated carbocycles. The Bertz CT molecular complexity index is 1140. The van der Waals surface area contributed by atoms with Crippen molar-refractivity contribution in [3.63, 3.8) is 0 Å². The van der Waals surface area contributed by atoms with Crippen LogP contribution in [0.2, 0.25) is 0 Å². The molecule has 0 aliphatic carbocycles. The minimum atomic E-state index is -0.177. The van der Waals surface area contributed by atoms with E-state index in [-0.39, 0.29) is 23.3 Å². The van der Waals surface area contributed by atoms with Crippen LogP contribution < -0.4 is 10.5 Å². The molecule has 2 saturated heterocycles. The molecule has 2 aliphatic heterocycles. The molecule has 0 radical (unpaired) electrons. The highest BCUT2D eigenvalue weighted by Crippen LogP contribution is 2.44. The summed E-state index contributed by atoms with van der Waals surface area (Å²) in [6, 6.07) is 1.63. The number of hydrogen-bond acceptors (Lipinski definition) is 7. The van der Waals surface area contributed by atoms with Crippen molar-refractivity contribution in [3.05, 3.63) is 57.4 Å². The van der Waals surface area contributed by atoms with E-state index in [1.807, 2.05) is 32.9 Å². The van der Waals surface area contributed by atoms with Crippen LogP contribution in [0.25, 0.3) is 5.70 Å². The summed E-state index contributed by atoms with van der Waals surface area (Å²) in [5, 5.41) is 8.56. The second-order valence-corrected chi connectivity index (χ2v) is 9.63. The predicted octanol–water partition coefficient (Wildman–Crippen LogP) is 3.74. The molecule has 2 aliphatic rings. The van der Waals surface area contributed by atoms with Crippen molar-refractivity contribution >= 4 is 18.1 Å². The Balaban J connectivity index is 1.52. The molecule has 0 bridgehead atoms. The van der Waals surface area contributed by atoms with Gasteiger partial charge in [-0.15, -0.1) is 0 Å². The lowest BCUT2D eigenvalue weighted by Gasteiger charge is -2.49. The van der Waals surface area contributed by atoms with Gasteiger partial charge in [-0.2, -0.15) is 5.10 Å². The molecular formula is C24H31N5O3. The molecule has 4 heterocycles. The van der Waals surface area contributed by atoms with Crippen molar-refractivity contribution in [2.75, 3.05) is 18.0 Å². The van der Waals surface area contributed by atoms with Crippen LogP contribution in [0.5, 0.6) is 0 Å². The fourth-order valence-electron chi connectivity index (χ4n) is 4.37. The lowest BCUT2D eigenvalue weighted by molar-refractivity contribution is -0.0989. The summed E-state index contributed by atoms with van der Waals surface area (Å²) in [4.78, 5) is 19.1. The highest BCUT2D eigenvalue weighted by atomic mass is 16.5. The summed E-state index contributed by atoms with van der Waals surface area (Å²) < 4.78 is 13.1. The van der Waals surface area contributed by atoms with Gasteiger partial charge in [-0.1, -0.05) is 16.8 Å². The first-order valence-corrected chi connectivity index (χ1v) is 10.9. The molecule has 8 nitrogen and oxygen atoms in total. The normalized spacial score (nSPS) is 19.2. The molecule has 4 rings (SSSR count). The number of anilines is 1. The van der Waals surface area contributed by atoms with Crippen LogP contribution in [0.1, 0.15) is 57.6 Å². The van der Waals surface area contributed by atoms with Gasteiger partial charge in [0.2, 0.25) is 0 Å². The molecule has 2 aromatic rings. The van der Waals surface area contributed by atoms with Gasteiger partial charge in [0.05, 0.1) is 29.7 Å². The number of allylic oxidation sites excluding steroid dienone is 3. The standard InChI is InChI=1S/C24H31N5O3/c1-16(2)7-8-20(25-6)22-19(17(3)31-27-22)13-29-21(30)11-18(12-26-29)28-14-24(15-28)10-9-23(4,5)32-24/h7-8,11-12H,6,9-10,13-15H2,1-5H3/b20-8-. The van der Waals surface area contributed by atoms with Crippen LogP contribution in [-0.2, 0) is 11.3 Å². The van der Waals surface area contributed by atoms with Gasteiger partial charge >= 0.3 is 0 Å². The Morgan fingerprint density at radius 1 is 1.28 bits per heavy atom. The third kappa shape index (κ3) is 4.32. The molecule has 0 amide bonds. The van der Waals surface area contributed by atoms with E-state index in [0.717, 1.165) is 42.8 Å². The van der Waals surface area contributed by atoms with Crippen LogP contribution >= 0.6 is 0 Å². The van der Waals surface area contributed by atoms with Crippen LogP contribution in [0.4, 0.5) is 5.69 Å². The van der Waals surface area contributed by atoms with E-state index in [9.17, 15) is 4.79 Å². The third-order valence-electron chi connectivity index (χ3n) is 6.13. The lowest BCUT2D eigenvalue weighted by atomic mass is 9.89. The van der Waals surface area contributed by atoms with E-state index in [1.54, 1.807) is 12.3 Å². The van der Waals surface area contributed by atoms with Crippen molar-refractivity contribution in [2.45, 2.75) is 65.2 Å². The second-order valence-electron chi connectivity index (χ2n) is 9.63. The number of aliphatic imine (C=N–C) groups is 1. The molecule has 2 fully saturated rings. The number of ether oxygens (including phenoxy) is 1. The van der Waals surface area contributed by atoms with Crippen molar-refractivity contribution in [3.8, 4) is 0 Å². The first-order chi connectivity index (χ1) is 15.1. The summed E-state index contributed by atoms with van der Waals surface area (Å²) in [6.07, 6.45) is 7.63. The van der Waals surface area contributed by atoms with E-state index >= 15 is 0 Å². The zero-order valence-corrected chi connectivity index (χ0v) is 19.5. The van der Waals surface area contributed by atoms with Crippen molar-refractivity contribution in [1.82, 2.24) is 14.9 Å². The Kier molecular flexibility index (Phi) is 5.67. The Hall–Kier alpha value is -3.00. The van der Waals surface area contributed by atoms with Crippen LogP contribution in [0.15, 0.2) is 44.3 Å². The molecule has 32 heavy (non-hydrogen) atoms. The molecule has 0 atom stereocenters. The maximum atomic E-state index is 12.8. The molecule has 0 aromatic carbocycles. The SMILES string of the molecule is C=N/C(=C\C=C(C)C)c1noc(C)c1Cn1ncc(N2CC3(CCC(C)(C)O3)C2)cc1=O. The van der Waals surface area contributed by atoms with Gasteiger partial charge in [-0.25, -0.2) is 4.68 Å². The predicted molar refractivity (Wildman–Crippen MR) is 125 cm³/mol. The number of aromatic nitrogens is 3. The van der Waals surface area contributed by atoms with Gasteiger partial charge in [0.15, 0.2) is 0 Å². The van der Waals surface area contributed by atoms with E-state index in [1.165, 1.54) is 4.68 Å². The summed E-state index contributed by atoms with van der Waals surface area (Å²) in [7, 11) is 0. The van der Waals surface area contributed by atoms with Gasteiger partial charge in [-0.05, 0) is 60.3 Å². The zero-order chi connectivity index (χ0) is 23.1. The second kappa shape index (κ2) is 8.16.